The molecule has 2 heterocycles. The standard InChI is InChI=1S/C23H22N2O3/c1-16-13-17(20-5-3-4-6-21(20)24-16)14-28-19-9-7-18(8-10-19)23(2)15-25(11-12-26)22(23)27/h3-10,12-13H,11,14-15H2,1-2H3. The molecule has 1 aliphatic rings. The molecule has 1 fully saturated rings. The predicted molar refractivity (Wildman–Crippen MR) is 107 cm³/mol. The summed E-state index contributed by atoms with van der Waals surface area (Å²) in [5, 5.41) is 1.09. The van der Waals surface area contributed by atoms with Crippen molar-refractivity contribution < 1.29 is 14.3 Å². The zero-order valence-electron chi connectivity index (χ0n) is 16.0. The summed E-state index contributed by atoms with van der Waals surface area (Å²) in [6.07, 6.45) is 0.763. The Morgan fingerprint density at radius 2 is 1.93 bits per heavy atom. The third kappa shape index (κ3) is 3.13. The quantitative estimate of drug-likeness (QED) is 0.490. The number of hydrogen-bond donors (Lipinski definition) is 0. The van der Waals surface area contributed by atoms with E-state index in [1.54, 1.807) is 4.90 Å². The Bertz CT molecular complexity index is 1050. The van der Waals surface area contributed by atoms with Crippen LogP contribution in [0.2, 0.25) is 0 Å². The van der Waals surface area contributed by atoms with E-state index in [-0.39, 0.29) is 12.5 Å². The third-order valence-electron chi connectivity index (χ3n) is 5.38. The summed E-state index contributed by atoms with van der Waals surface area (Å²) in [7, 11) is 0. The monoisotopic (exact) mass is 374 g/mol. The zero-order valence-corrected chi connectivity index (χ0v) is 16.0. The fourth-order valence-electron chi connectivity index (χ4n) is 3.83. The zero-order chi connectivity index (χ0) is 19.7. The van der Waals surface area contributed by atoms with Crippen molar-refractivity contribution in [2.75, 3.05) is 13.1 Å². The minimum absolute atomic E-state index is 0.00741. The highest BCUT2D eigenvalue weighted by Gasteiger charge is 2.49. The van der Waals surface area contributed by atoms with Crippen molar-refractivity contribution in [2.24, 2.45) is 0 Å². The van der Waals surface area contributed by atoms with Gasteiger partial charge < -0.3 is 14.4 Å². The van der Waals surface area contributed by atoms with Gasteiger partial charge in [0.15, 0.2) is 0 Å². The maximum absolute atomic E-state index is 12.4. The van der Waals surface area contributed by atoms with Crippen molar-refractivity contribution in [1.82, 2.24) is 9.88 Å². The minimum Gasteiger partial charge on any atom is -0.489 e. The molecular weight excluding hydrogens is 352 g/mol. The molecule has 0 radical (unpaired) electrons. The topological polar surface area (TPSA) is 59.5 Å². The average Bonchev–Trinajstić information content (AvgIpc) is 2.71. The van der Waals surface area contributed by atoms with Gasteiger partial charge in [-0.15, -0.1) is 0 Å². The van der Waals surface area contributed by atoms with Crippen LogP contribution in [0.25, 0.3) is 10.9 Å². The Kier molecular flexibility index (Phi) is 4.59. The smallest absolute Gasteiger partial charge is 0.235 e. The fourth-order valence-corrected chi connectivity index (χ4v) is 3.83. The van der Waals surface area contributed by atoms with E-state index in [0.717, 1.165) is 39.8 Å². The molecule has 1 amide bonds. The van der Waals surface area contributed by atoms with Crippen LogP contribution in [0.5, 0.6) is 5.75 Å². The maximum Gasteiger partial charge on any atom is 0.235 e. The molecule has 1 saturated heterocycles. The van der Waals surface area contributed by atoms with E-state index in [2.05, 4.69) is 11.1 Å². The van der Waals surface area contributed by atoms with Crippen LogP contribution in [0.15, 0.2) is 54.6 Å². The second-order valence-electron chi connectivity index (χ2n) is 7.44. The van der Waals surface area contributed by atoms with E-state index in [0.29, 0.717) is 13.2 Å². The van der Waals surface area contributed by atoms with Crippen LogP contribution in [0, 0.1) is 6.92 Å². The summed E-state index contributed by atoms with van der Waals surface area (Å²) in [5.41, 5.74) is 3.41. The first-order valence-corrected chi connectivity index (χ1v) is 9.33. The number of likely N-dealkylation sites (tertiary alicyclic amines) is 1. The normalized spacial score (nSPS) is 18.8. The van der Waals surface area contributed by atoms with E-state index in [1.807, 2.05) is 62.4 Å². The first-order valence-electron chi connectivity index (χ1n) is 9.33. The molecule has 5 nitrogen and oxygen atoms in total. The van der Waals surface area contributed by atoms with Crippen molar-refractivity contribution in [3.63, 3.8) is 0 Å². The first-order chi connectivity index (χ1) is 13.5. The van der Waals surface area contributed by atoms with Crippen molar-refractivity contribution >= 4 is 23.1 Å². The van der Waals surface area contributed by atoms with Crippen molar-refractivity contribution in [2.45, 2.75) is 25.9 Å². The number of ether oxygens (including phenoxy) is 1. The Balaban J connectivity index is 1.48. The fraction of sp³-hybridized carbons (Fsp3) is 0.261. The number of fused-ring (bicyclic) bond motifs is 1. The summed E-state index contributed by atoms with van der Waals surface area (Å²) >= 11 is 0. The van der Waals surface area contributed by atoms with Crippen LogP contribution in [-0.2, 0) is 21.6 Å². The summed E-state index contributed by atoms with van der Waals surface area (Å²) < 4.78 is 5.99. The van der Waals surface area contributed by atoms with Gasteiger partial charge in [0.2, 0.25) is 5.91 Å². The Labute approximate surface area is 163 Å². The van der Waals surface area contributed by atoms with E-state index in [9.17, 15) is 9.59 Å². The lowest BCUT2D eigenvalue weighted by atomic mass is 9.74. The summed E-state index contributed by atoms with van der Waals surface area (Å²) in [6, 6.07) is 17.7. The van der Waals surface area contributed by atoms with Crippen molar-refractivity contribution in [3.05, 3.63) is 71.4 Å². The molecule has 0 aliphatic carbocycles. The van der Waals surface area contributed by atoms with Crippen LogP contribution in [0.4, 0.5) is 0 Å². The lowest BCUT2D eigenvalue weighted by Gasteiger charge is -2.46. The number of hydrogen-bond acceptors (Lipinski definition) is 4. The minimum atomic E-state index is -0.556. The van der Waals surface area contributed by atoms with Gasteiger partial charge in [0.1, 0.15) is 18.6 Å². The Morgan fingerprint density at radius 1 is 1.18 bits per heavy atom. The van der Waals surface area contributed by atoms with Gasteiger partial charge >= 0.3 is 0 Å². The van der Waals surface area contributed by atoms with Gasteiger partial charge in [0, 0.05) is 23.2 Å². The molecule has 0 bridgehead atoms. The third-order valence-corrected chi connectivity index (χ3v) is 5.38. The van der Waals surface area contributed by atoms with Gasteiger partial charge in [-0.2, -0.15) is 0 Å². The van der Waals surface area contributed by atoms with Crippen molar-refractivity contribution in [3.8, 4) is 5.75 Å². The number of para-hydroxylation sites is 1. The molecule has 2 aromatic carbocycles. The van der Waals surface area contributed by atoms with Gasteiger partial charge in [-0.05, 0) is 43.7 Å². The number of carbonyl (C=O) groups excluding carboxylic acids is 2. The number of benzene rings is 2. The number of aldehydes is 1. The van der Waals surface area contributed by atoms with Gasteiger partial charge in [-0.3, -0.25) is 9.78 Å². The second-order valence-corrected chi connectivity index (χ2v) is 7.44. The lowest BCUT2D eigenvalue weighted by molar-refractivity contribution is -0.151. The molecule has 0 spiro atoms. The molecule has 1 aliphatic heterocycles. The van der Waals surface area contributed by atoms with E-state index in [1.165, 1.54) is 0 Å². The number of aromatic nitrogens is 1. The second kappa shape index (κ2) is 7.08. The van der Waals surface area contributed by atoms with Crippen LogP contribution in [0.3, 0.4) is 0 Å². The highest BCUT2D eigenvalue weighted by molar-refractivity contribution is 5.95. The van der Waals surface area contributed by atoms with E-state index in [4.69, 9.17) is 4.74 Å². The number of pyridine rings is 1. The Morgan fingerprint density at radius 3 is 2.64 bits per heavy atom. The molecule has 1 aromatic heterocycles. The predicted octanol–water partition coefficient (Wildman–Crippen LogP) is 3.42. The number of nitrogens with zero attached hydrogens (tertiary/aromatic N) is 2. The molecule has 3 aromatic rings. The molecule has 1 unspecified atom stereocenters. The number of β-lactam (4-membered cyclic amide) rings is 1. The van der Waals surface area contributed by atoms with Crippen LogP contribution >= 0.6 is 0 Å². The highest BCUT2D eigenvalue weighted by atomic mass is 16.5. The van der Waals surface area contributed by atoms with Crippen LogP contribution < -0.4 is 4.74 Å². The van der Waals surface area contributed by atoms with Gasteiger partial charge in [0.05, 0.1) is 17.5 Å². The molecule has 5 heteroatoms. The number of aryl methyl sites for hydroxylation is 1. The molecule has 4 rings (SSSR count). The Hall–Kier alpha value is -3.21. The largest absolute Gasteiger partial charge is 0.489 e. The average molecular weight is 374 g/mol. The number of amides is 1. The van der Waals surface area contributed by atoms with Crippen LogP contribution in [0.1, 0.15) is 23.7 Å². The van der Waals surface area contributed by atoms with E-state index < -0.39 is 5.41 Å². The molecular formula is C23H22N2O3. The van der Waals surface area contributed by atoms with Crippen molar-refractivity contribution in [1.29, 1.82) is 0 Å². The number of carbonyl (C=O) groups is 2. The maximum atomic E-state index is 12.4. The summed E-state index contributed by atoms with van der Waals surface area (Å²) in [6.45, 7) is 5.07. The molecule has 28 heavy (non-hydrogen) atoms. The lowest BCUT2D eigenvalue weighted by Crippen LogP contribution is -2.62. The van der Waals surface area contributed by atoms with Crippen LogP contribution in [-0.4, -0.2) is 35.2 Å². The summed E-state index contributed by atoms with van der Waals surface area (Å²) in [5.74, 6) is 0.745. The van der Waals surface area contributed by atoms with Gasteiger partial charge in [-0.25, -0.2) is 0 Å². The molecule has 1 atom stereocenters. The summed E-state index contributed by atoms with van der Waals surface area (Å²) in [4.78, 5) is 29.1. The van der Waals surface area contributed by atoms with Gasteiger partial charge in [0.25, 0.3) is 0 Å². The molecule has 0 saturated carbocycles. The highest BCUT2D eigenvalue weighted by Crippen LogP contribution is 2.36. The molecule has 142 valence electrons. The number of rotatable bonds is 6. The van der Waals surface area contributed by atoms with E-state index >= 15 is 0 Å². The van der Waals surface area contributed by atoms with Gasteiger partial charge in [-0.1, -0.05) is 30.3 Å². The SMILES string of the molecule is Cc1cc(COc2ccc(C3(C)CN(CC=O)C3=O)cc2)c2ccccc2n1. The first kappa shape index (κ1) is 18.2. The molecule has 0 N–H and O–H groups in total.